The number of carbonyl (C=O) groups is 1. The van der Waals surface area contributed by atoms with Crippen molar-refractivity contribution in [2.45, 2.75) is 103 Å². The van der Waals surface area contributed by atoms with Gasteiger partial charge in [-0.25, -0.2) is 0 Å². The minimum atomic E-state index is -4.28. The standard InChI is InChI=1S/C19H39NO5S/c1-2-3-4-5-6-7-8-9-10-11-12-13-14-15-16-20-18(19(21)22)17-26(23,24)25/h18,20H,2-17H2,1H3,(H,21,22)(H,23,24,25)/t18-/m0/s1. The quantitative estimate of drug-likeness (QED) is 0.222. The second-order valence-corrected chi connectivity index (χ2v) is 8.69. The molecule has 0 aliphatic rings. The molecule has 0 unspecified atom stereocenters. The predicted octanol–water partition coefficient (Wildman–Crippen LogP) is 4.40. The average Bonchev–Trinajstić information content (AvgIpc) is 2.56. The van der Waals surface area contributed by atoms with Gasteiger partial charge in [0.15, 0.2) is 0 Å². The van der Waals surface area contributed by atoms with Crippen molar-refractivity contribution in [3.8, 4) is 0 Å². The predicted molar refractivity (Wildman–Crippen MR) is 106 cm³/mol. The maximum Gasteiger partial charge on any atom is 0.321 e. The highest BCUT2D eigenvalue weighted by molar-refractivity contribution is 7.85. The Bertz CT molecular complexity index is 439. The van der Waals surface area contributed by atoms with Gasteiger partial charge in [-0.1, -0.05) is 90.4 Å². The van der Waals surface area contributed by atoms with Gasteiger partial charge in [0.25, 0.3) is 10.1 Å². The van der Waals surface area contributed by atoms with Crippen LogP contribution in [-0.2, 0) is 14.9 Å². The lowest BCUT2D eigenvalue weighted by Crippen LogP contribution is -2.42. The lowest BCUT2D eigenvalue weighted by Gasteiger charge is -2.12. The zero-order valence-corrected chi connectivity index (χ0v) is 17.2. The Morgan fingerprint density at radius 1 is 0.808 bits per heavy atom. The zero-order valence-electron chi connectivity index (χ0n) is 16.4. The van der Waals surface area contributed by atoms with Crippen LogP contribution in [0.3, 0.4) is 0 Å². The first-order valence-corrected chi connectivity index (χ1v) is 11.9. The lowest BCUT2D eigenvalue weighted by molar-refractivity contribution is -0.138. The van der Waals surface area contributed by atoms with E-state index in [0.29, 0.717) is 6.54 Å². The largest absolute Gasteiger partial charge is 0.480 e. The molecule has 6 nitrogen and oxygen atoms in total. The molecular weight excluding hydrogens is 354 g/mol. The highest BCUT2D eigenvalue weighted by Crippen LogP contribution is 2.12. The van der Waals surface area contributed by atoms with Crippen molar-refractivity contribution in [1.29, 1.82) is 0 Å². The molecule has 0 aliphatic carbocycles. The van der Waals surface area contributed by atoms with Crippen molar-refractivity contribution in [1.82, 2.24) is 5.32 Å². The Morgan fingerprint density at radius 3 is 1.54 bits per heavy atom. The van der Waals surface area contributed by atoms with Crippen molar-refractivity contribution >= 4 is 16.1 Å². The van der Waals surface area contributed by atoms with E-state index in [9.17, 15) is 13.2 Å². The Balaban J connectivity index is 3.39. The van der Waals surface area contributed by atoms with Crippen LogP contribution in [0.25, 0.3) is 0 Å². The first-order valence-electron chi connectivity index (χ1n) is 10.3. The minimum Gasteiger partial charge on any atom is -0.480 e. The zero-order chi connectivity index (χ0) is 19.7. The molecule has 0 bridgehead atoms. The molecule has 7 heteroatoms. The fourth-order valence-corrected chi connectivity index (χ4v) is 3.71. The van der Waals surface area contributed by atoms with Crippen LogP contribution in [0.15, 0.2) is 0 Å². The van der Waals surface area contributed by atoms with Gasteiger partial charge in [-0.15, -0.1) is 0 Å². The van der Waals surface area contributed by atoms with E-state index in [4.69, 9.17) is 9.66 Å². The van der Waals surface area contributed by atoms with Crippen LogP contribution >= 0.6 is 0 Å². The maximum atomic E-state index is 10.9. The summed E-state index contributed by atoms with van der Waals surface area (Å²) in [4.78, 5) is 10.9. The molecule has 0 aliphatic heterocycles. The van der Waals surface area contributed by atoms with Gasteiger partial charge in [-0.05, 0) is 13.0 Å². The Labute approximate surface area is 159 Å². The van der Waals surface area contributed by atoms with Crippen LogP contribution in [0.4, 0.5) is 0 Å². The summed E-state index contributed by atoms with van der Waals surface area (Å²) in [6.45, 7) is 2.69. The molecule has 0 heterocycles. The van der Waals surface area contributed by atoms with E-state index in [1.807, 2.05) is 0 Å². The molecule has 0 saturated heterocycles. The van der Waals surface area contributed by atoms with Crippen LogP contribution in [0.5, 0.6) is 0 Å². The molecule has 0 spiro atoms. The summed E-state index contributed by atoms with van der Waals surface area (Å²) in [6, 6.07) is -1.24. The molecule has 156 valence electrons. The maximum absolute atomic E-state index is 10.9. The number of carboxylic acids is 1. The summed E-state index contributed by atoms with van der Waals surface area (Å²) in [7, 11) is -4.28. The number of aliphatic carboxylic acids is 1. The highest BCUT2D eigenvalue weighted by atomic mass is 32.2. The third-order valence-corrected chi connectivity index (χ3v) is 5.35. The summed E-state index contributed by atoms with van der Waals surface area (Å²) in [5, 5.41) is 11.6. The molecule has 0 aromatic rings. The number of rotatable bonds is 19. The summed E-state index contributed by atoms with van der Waals surface area (Å²) in [5.41, 5.74) is 0. The number of hydrogen-bond donors (Lipinski definition) is 3. The Kier molecular flexibility index (Phi) is 16.1. The number of unbranched alkanes of at least 4 members (excludes halogenated alkanes) is 13. The number of carboxylic acid groups (broad SMARTS) is 1. The van der Waals surface area contributed by atoms with Gasteiger partial charge < -0.3 is 10.4 Å². The Hall–Kier alpha value is -0.660. The first-order chi connectivity index (χ1) is 12.4. The van der Waals surface area contributed by atoms with Crippen molar-refractivity contribution in [3.05, 3.63) is 0 Å². The molecule has 0 saturated carbocycles. The van der Waals surface area contributed by atoms with Crippen LogP contribution in [0.1, 0.15) is 96.8 Å². The molecule has 0 fully saturated rings. The number of nitrogens with one attached hydrogen (secondary N) is 1. The van der Waals surface area contributed by atoms with Gasteiger partial charge in [0.2, 0.25) is 0 Å². The van der Waals surface area contributed by atoms with Crippen molar-refractivity contribution in [2.75, 3.05) is 12.3 Å². The van der Waals surface area contributed by atoms with Crippen molar-refractivity contribution in [3.63, 3.8) is 0 Å². The molecule has 26 heavy (non-hydrogen) atoms. The van der Waals surface area contributed by atoms with Gasteiger partial charge in [-0.2, -0.15) is 8.42 Å². The fraction of sp³-hybridized carbons (Fsp3) is 0.947. The van der Waals surface area contributed by atoms with Gasteiger partial charge >= 0.3 is 5.97 Å². The van der Waals surface area contributed by atoms with Gasteiger partial charge in [0, 0.05) is 0 Å². The van der Waals surface area contributed by atoms with Crippen LogP contribution in [-0.4, -0.2) is 42.4 Å². The molecule has 0 rings (SSSR count). The van der Waals surface area contributed by atoms with Crippen LogP contribution < -0.4 is 5.32 Å². The van der Waals surface area contributed by atoms with E-state index in [1.54, 1.807) is 0 Å². The first kappa shape index (κ1) is 25.3. The third kappa shape index (κ3) is 18.1. The monoisotopic (exact) mass is 393 g/mol. The highest BCUT2D eigenvalue weighted by Gasteiger charge is 2.22. The third-order valence-electron chi connectivity index (χ3n) is 4.60. The summed E-state index contributed by atoms with van der Waals surface area (Å²) >= 11 is 0. The summed E-state index contributed by atoms with van der Waals surface area (Å²) in [5.74, 6) is -2.05. The summed E-state index contributed by atoms with van der Waals surface area (Å²) in [6.07, 6.45) is 17.5. The van der Waals surface area contributed by atoms with Gasteiger partial charge in [0.05, 0.1) is 0 Å². The minimum absolute atomic E-state index is 0.449. The van der Waals surface area contributed by atoms with Crippen molar-refractivity contribution < 1.29 is 22.9 Å². The molecule has 0 amide bonds. The smallest absolute Gasteiger partial charge is 0.321 e. The Morgan fingerprint density at radius 2 is 1.19 bits per heavy atom. The molecule has 0 aromatic heterocycles. The fourth-order valence-electron chi connectivity index (χ4n) is 3.02. The molecule has 1 atom stereocenters. The molecular formula is C19H39NO5S. The van der Waals surface area contributed by atoms with Crippen LogP contribution in [0.2, 0.25) is 0 Å². The van der Waals surface area contributed by atoms with E-state index in [-0.39, 0.29) is 0 Å². The SMILES string of the molecule is CCCCCCCCCCCCCCCCN[C@@H](CS(=O)(=O)O)C(=O)O. The second kappa shape index (κ2) is 16.5. The topological polar surface area (TPSA) is 104 Å². The second-order valence-electron chi connectivity index (χ2n) is 7.19. The number of hydrogen-bond acceptors (Lipinski definition) is 4. The van der Waals surface area contributed by atoms with E-state index in [0.717, 1.165) is 19.3 Å². The van der Waals surface area contributed by atoms with Crippen molar-refractivity contribution in [2.24, 2.45) is 0 Å². The lowest BCUT2D eigenvalue weighted by atomic mass is 10.0. The van der Waals surface area contributed by atoms with Crippen LogP contribution in [0, 0.1) is 0 Å². The molecule has 0 radical (unpaired) electrons. The molecule has 0 aromatic carbocycles. The van der Waals surface area contributed by atoms with Gasteiger partial charge in [0.1, 0.15) is 11.8 Å². The van der Waals surface area contributed by atoms with E-state index >= 15 is 0 Å². The van der Waals surface area contributed by atoms with E-state index in [1.165, 1.54) is 70.6 Å². The van der Waals surface area contributed by atoms with E-state index in [2.05, 4.69) is 12.2 Å². The normalized spacial score (nSPS) is 13.0. The summed E-state index contributed by atoms with van der Waals surface area (Å²) < 4.78 is 30.2. The van der Waals surface area contributed by atoms with Gasteiger partial charge in [-0.3, -0.25) is 9.35 Å². The average molecular weight is 394 g/mol. The molecule has 3 N–H and O–H groups in total. The van der Waals surface area contributed by atoms with E-state index < -0.39 is 27.9 Å².